The van der Waals surface area contributed by atoms with E-state index >= 15 is 0 Å². The van der Waals surface area contributed by atoms with Gasteiger partial charge in [0.05, 0.1) is 17.5 Å². The Morgan fingerprint density at radius 1 is 1.29 bits per heavy atom. The average Bonchev–Trinajstić information content (AvgIpc) is 3.01. The van der Waals surface area contributed by atoms with Gasteiger partial charge < -0.3 is 10.4 Å². The number of H-pyrrole nitrogens is 1. The van der Waals surface area contributed by atoms with Gasteiger partial charge in [-0.05, 0) is 26.2 Å². The standard InChI is InChI=1S/C19H25N5O4/c1-3-6-12-10-16(25)22-19(20-12)24-15(9-11(2)23-24)21-17(26)13-7-4-5-8-14(13)18(27)28/h9-10,13-14H,3-8H2,1-2H3,(H,21,26)(H,27,28)(H,20,22,25)/t13-,14-/m0/s1. The average molecular weight is 387 g/mol. The van der Waals surface area contributed by atoms with E-state index in [0.717, 1.165) is 19.3 Å². The molecule has 3 N–H and O–H groups in total. The van der Waals surface area contributed by atoms with Crippen LogP contribution in [-0.2, 0) is 16.0 Å². The summed E-state index contributed by atoms with van der Waals surface area (Å²) in [6, 6.07) is 3.12. The van der Waals surface area contributed by atoms with Crippen LogP contribution >= 0.6 is 0 Å². The van der Waals surface area contributed by atoms with Crippen molar-refractivity contribution in [2.24, 2.45) is 11.8 Å². The number of aryl methyl sites for hydroxylation is 2. The number of carbonyl (C=O) groups is 2. The highest BCUT2D eigenvalue weighted by molar-refractivity contribution is 5.94. The molecular formula is C19H25N5O4. The lowest BCUT2D eigenvalue weighted by molar-refractivity contribution is -0.147. The van der Waals surface area contributed by atoms with Gasteiger partial charge in [-0.1, -0.05) is 26.2 Å². The molecule has 0 aromatic carbocycles. The second-order valence-electron chi connectivity index (χ2n) is 7.22. The monoisotopic (exact) mass is 387 g/mol. The lowest BCUT2D eigenvalue weighted by Gasteiger charge is -2.27. The maximum Gasteiger partial charge on any atom is 0.307 e. The zero-order valence-corrected chi connectivity index (χ0v) is 16.1. The fourth-order valence-electron chi connectivity index (χ4n) is 3.69. The largest absolute Gasteiger partial charge is 0.481 e. The first-order valence-electron chi connectivity index (χ1n) is 9.60. The molecule has 3 rings (SSSR count). The molecule has 0 radical (unpaired) electrons. The molecular weight excluding hydrogens is 362 g/mol. The van der Waals surface area contributed by atoms with Crippen LogP contribution in [0.25, 0.3) is 5.95 Å². The van der Waals surface area contributed by atoms with Gasteiger partial charge in [0.25, 0.3) is 5.56 Å². The summed E-state index contributed by atoms with van der Waals surface area (Å²) in [5.41, 5.74) is 0.985. The number of rotatable bonds is 6. The topological polar surface area (TPSA) is 130 Å². The number of hydrogen-bond donors (Lipinski definition) is 3. The molecule has 0 aliphatic heterocycles. The van der Waals surface area contributed by atoms with Crippen LogP contribution in [0.15, 0.2) is 16.9 Å². The van der Waals surface area contributed by atoms with Crippen molar-refractivity contribution in [1.82, 2.24) is 19.7 Å². The number of aliphatic carboxylic acids is 1. The van der Waals surface area contributed by atoms with E-state index in [9.17, 15) is 19.5 Å². The van der Waals surface area contributed by atoms with E-state index in [2.05, 4.69) is 20.4 Å². The van der Waals surface area contributed by atoms with Crippen LogP contribution in [0.4, 0.5) is 5.82 Å². The minimum atomic E-state index is -0.942. The Balaban J connectivity index is 1.89. The van der Waals surface area contributed by atoms with Crippen LogP contribution in [0.2, 0.25) is 0 Å². The zero-order valence-electron chi connectivity index (χ0n) is 16.1. The summed E-state index contributed by atoms with van der Waals surface area (Å²) in [4.78, 5) is 43.4. The Bertz CT molecular complexity index is 933. The minimum Gasteiger partial charge on any atom is -0.481 e. The number of aromatic nitrogens is 4. The first-order chi connectivity index (χ1) is 13.4. The predicted octanol–water partition coefficient (Wildman–Crippen LogP) is 2.05. The van der Waals surface area contributed by atoms with Crippen LogP contribution in [0.5, 0.6) is 0 Å². The smallest absolute Gasteiger partial charge is 0.307 e. The summed E-state index contributed by atoms with van der Waals surface area (Å²) in [5.74, 6) is -1.99. The number of carboxylic acids is 1. The maximum absolute atomic E-state index is 12.8. The molecule has 9 heteroatoms. The number of carbonyl (C=O) groups excluding carboxylic acids is 1. The maximum atomic E-state index is 12.8. The SMILES string of the molecule is CCCc1cc(=O)[nH]c(-n2nc(C)cc2NC(=O)[C@H]2CCCC[C@@H]2C(=O)O)n1. The number of hydrogen-bond acceptors (Lipinski definition) is 5. The van der Waals surface area contributed by atoms with Gasteiger partial charge in [0.2, 0.25) is 11.9 Å². The molecule has 2 atom stereocenters. The highest BCUT2D eigenvalue weighted by atomic mass is 16.4. The second kappa shape index (κ2) is 8.37. The Kier molecular flexibility index (Phi) is 5.91. The van der Waals surface area contributed by atoms with Gasteiger partial charge in [-0.2, -0.15) is 9.78 Å². The Morgan fingerprint density at radius 2 is 2.00 bits per heavy atom. The molecule has 2 aromatic heterocycles. The zero-order chi connectivity index (χ0) is 20.3. The summed E-state index contributed by atoms with van der Waals surface area (Å²) < 4.78 is 1.38. The van der Waals surface area contributed by atoms with E-state index in [1.54, 1.807) is 13.0 Å². The molecule has 0 unspecified atom stereocenters. The minimum absolute atomic E-state index is 0.220. The summed E-state index contributed by atoms with van der Waals surface area (Å²) in [6.07, 6.45) is 4.18. The van der Waals surface area contributed by atoms with Crippen LogP contribution in [0.3, 0.4) is 0 Å². The van der Waals surface area contributed by atoms with E-state index in [1.165, 1.54) is 10.7 Å². The van der Waals surface area contributed by atoms with Crippen LogP contribution in [0.1, 0.15) is 50.4 Å². The number of aromatic amines is 1. The molecule has 1 amide bonds. The molecule has 2 aromatic rings. The van der Waals surface area contributed by atoms with Gasteiger partial charge in [-0.3, -0.25) is 19.4 Å². The molecule has 0 saturated heterocycles. The molecule has 1 fully saturated rings. The fourth-order valence-corrected chi connectivity index (χ4v) is 3.69. The van der Waals surface area contributed by atoms with Crippen LogP contribution in [-0.4, -0.2) is 36.7 Å². The summed E-state index contributed by atoms with van der Waals surface area (Å²) in [6.45, 7) is 3.76. The van der Waals surface area contributed by atoms with Gasteiger partial charge in [0, 0.05) is 17.8 Å². The summed E-state index contributed by atoms with van der Waals surface area (Å²) >= 11 is 0. The Hall–Kier alpha value is -2.97. The number of nitrogens with zero attached hydrogens (tertiary/aromatic N) is 3. The van der Waals surface area contributed by atoms with E-state index < -0.39 is 17.8 Å². The molecule has 1 saturated carbocycles. The number of nitrogens with one attached hydrogen (secondary N) is 2. The van der Waals surface area contributed by atoms with Gasteiger partial charge in [-0.25, -0.2) is 4.98 Å². The van der Waals surface area contributed by atoms with Gasteiger partial charge in [0.15, 0.2) is 0 Å². The number of anilines is 1. The van der Waals surface area contributed by atoms with Crippen LogP contribution < -0.4 is 10.9 Å². The fraction of sp³-hybridized carbons (Fsp3) is 0.526. The third-order valence-corrected chi connectivity index (χ3v) is 4.99. The molecule has 9 nitrogen and oxygen atoms in total. The third-order valence-electron chi connectivity index (χ3n) is 4.99. The second-order valence-corrected chi connectivity index (χ2v) is 7.22. The Labute approximate surface area is 162 Å². The first-order valence-corrected chi connectivity index (χ1v) is 9.60. The number of amides is 1. The molecule has 2 heterocycles. The molecule has 1 aliphatic carbocycles. The van der Waals surface area contributed by atoms with Crippen molar-refractivity contribution in [2.75, 3.05) is 5.32 Å². The molecule has 28 heavy (non-hydrogen) atoms. The van der Waals surface area contributed by atoms with Crippen LogP contribution in [0, 0.1) is 18.8 Å². The van der Waals surface area contributed by atoms with Crippen molar-refractivity contribution >= 4 is 17.7 Å². The normalized spacial score (nSPS) is 19.4. The molecule has 1 aliphatic rings. The summed E-state index contributed by atoms with van der Waals surface area (Å²) in [7, 11) is 0. The first kappa shape index (κ1) is 19.8. The van der Waals surface area contributed by atoms with E-state index in [0.29, 0.717) is 36.5 Å². The van der Waals surface area contributed by atoms with Crippen molar-refractivity contribution in [3.8, 4) is 5.95 Å². The predicted molar refractivity (Wildman–Crippen MR) is 102 cm³/mol. The van der Waals surface area contributed by atoms with E-state index in [-0.39, 0.29) is 17.4 Å². The van der Waals surface area contributed by atoms with Gasteiger partial charge >= 0.3 is 5.97 Å². The van der Waals surface area contributed by atoms with Crippen molar-refractivity contribution < 1.29 is 14.7 Å². The summed E-state index contributed by atoms with van der Waals surface area (Å²) in [5, 5.41) is 16.5. The van der Waals surface area contributed by atoms with Gasteiger partial charge in [-0.15, -0.1) is 0 Å². The highest BCUT2D eigenvalue weighted by Crippen LogP contribution is 2.31. The van der Waals surface area contributed by atoms with Crippen molar-refractivity contribution in [1.29, 1.82) is 0 Å². The Morgan fingerprint density at radius 3 is 2.68 bits per heavy atom. The quantitative estimate of drug-likeness (QED) is 0.695. The molecule has 0 bridgehead atoms. The lowest BCUT2D eigenvalue weighted by atomic mass is 9.79. The van der Waals surface area contributed by atoms with Gasteiger partial charge in [0.1, 0.15) is 5.82 Å². The van der Waals surface area contributed by atoms with Crippen molar-refractivity contribution in [3.05, 3.63) is 33.9 Å². The van der Waals surface area contributed by atoms with Crippen molar-refractivity contribution in [3.63, 3.8) is 0 Å². The molecule has 150 valence electrons. The molecule has 0 spiro atoms. The van der Waals surface area contributed by atoms with E-state index in [4.69, 9.17) is 0 Å². The highest BCUT2D eigenvalue weighted by Gasteiger charge is 2.36. The van der Waals surface area contributed by atoms with Crippen molar-refractivity contribution in [2.45, 2.75) is 52.4 Å². The number of carboxylic acid groups (broad SMARTS) is 1. The third kappa shape index (κ3) is 4.29. The lowest BCUT2D eigenvalue weighted by Crippen LogP contribution is -2.36. The van der Waals surface area contributed by atoms with E-state index in [1.807, 2.05) is 6.92 Å².